The maximum absolute atomic E-state index is 12.3. The molecule has 2 heterocycles. The van der Waals surface area contributed by atoms with Crippen molar-refractivity contribution in [3.8, 4) is 0 Å². The topological polar surface area (TPSA) is 85.2 Å². The quantitative estimate of drug-likeness (QED) is 0.625. The van der Waals surface area contributed by atoms with E-state index in [-0.39, 0.29) is 11.8 Å². The Morgan fingerprint density at radius 1 is 1.19 bits per heavy atom. The predicted octanol–water partition coefficient (Wildman–Crippen LogP) is 2.77. The van der Waals surface area contributed by atoms with E-state index in [9.17, 15) is 9.59 Å². The summed E-state index contributed by atoms with van der Waals surface area (Å²) in [5.74, 6) is -0.312. The number of methoxy groups -OCH3 is 1. The fourth-order valence-corrected chi connectivity index (χ4v) is 3.03. The highest BCUT2D eigenvalue weighted by Crippen LogP contribution is 2.11. The van der Waals surface area contributed by atoms with Crippen molar-refractivity contribution in [1.82, 2.24) is 15.1 Å². The van der Waals surface area contributed by atoms with Gasteiger partial charge in [-0.2, -0.15) is 5.10 Å². The Hall–Kier alpha value is -2.97. The average molecular weight is 384 g/mol. The lowest BCUT2D eigenvalue weighted by Crippen LogP contribution is -2.21. The van der Waals surface area contributed by atoms with Gasteiger partial charge in [0.15, 0.2) is 0 Å². The first-order valence-corrected chi connectivity index (χ1v) is 9.27. The van der Waals surface area contributed by atoms with E-state index in [2.05, 4.69) is 15.7 Å². The van der Waals surface area contributed by atoms with Crippen LogP contribution in [0.25, 0.3) is 0 Å². The summed E-state index contributed by atoms with van der Waals surface area (Å²) < 4.78 is 6.71. The van der Waals surface area contributed by atoms with Crippen molar-refractivity contribution in [2.45, 2.75) is 13.1 Å². The van der Waals surface area contributed by atoms with Gasteiger partial charge < -0.3 is 15.4 Å². The van der Waals surface area contributed by atoms with Crippen LogP contribution < -0.4 is 10.6 Å². The molecule has 140 valence electrons. The zero-order chi connectivity index (χ0) is 19.1. The number of aromatic nitrogens is 2. The van der Waals surface area contributed by atoms with Gasteiger partial charge in [0.05, 0.1) is 29.9 Å². The Morgan fingerprint density at radius 3 is 2.70 bits per heavy atom. The third-order valence-corrected chi connectivity index (χ3v) is 4.70. The molecule has 2 amide bonds. The number of ether oxygens (including phenoxy) is 1. The van der Waals surface area contributed by atoms with Crippen LogP contribution >= 0.6 is 11.3 Å². The number of carbonyl (C=O) groups excluding carboxylic acids is 2. The highest BCUT2D eigenvalue weighted by atomic mass is 32.1. The summed E-state index contributed by atoms with van der Waals surface area (Å²) >= 11 is 1.40. The number of hydrogen-bond acceptors (Lipinski definition) is 5. The minimum Gasteiger partial charge on any atom is -0.383 e. The Labute approximate surface area is 161 Å². The standard InChI is InChI=1S/C19H20N4O3S/c1-26-9-8-23-13-16(12-21-23)22-18(24)15-6-4-14(5-7-15)11-20-19(25)17-3-2-10-27-17/h2-7,10,12-13H,8-9,11H2,1H3,(H,20,25)(H,22,24). The molecular formula is C19H20N4O3S. The van der Waals surface area contributed by atoms with Crippen LogP contribution in [0, 0.1) is 0 Å². The van der Waals surface area contributed by atoms with E-state index >= 15 is 0 Å². The van der Waals surface area contributed by atoms with Crippen molar-refractivity contribution >= 4 is 28.8 Å². The summed E-state index contributed by atoms with van der Waals surface area (Å²) in [6, 6.07) is 10.7. The molecule has 7 nitrogen and oxygen atoms in total. The van der Waals surface area contributed by atoms with Gasteiger partial charge in [-0.05, 0) is 29.1 Å². The molecule has 0 radical (unpaired) electrons. The van der Waals surface area contributed by atoms with E-state index in [1.165, 1.54) is 11.3 Å². The van der Waals surface area contributed by atoms with Crippen LogP contribution in [-0.4, -0.2) is 35.3 Å². The van der Waals surface area contributed by atoms with E-state index in [1.807, 2.05) is 23.6 Å². The van der Waals surface area contributed by atoms with E-state index in [4.69, 9.17) is 4.74 Å². The van der Waals surface area contributed by atoms with Crippen molar-refractivity contribution in [2.75, 3.05) is 19.0 Å². The molecule has 2 N–H and O–H groups in total. The molecule has 0 atom stereocenters. The molecule has 0 bridgehead atoms. The van der Waals surface area contributed by atoms with Crippen LogP contribution in [-0.2, 0) is 17.8 Å². The number of nitrogens with zero attached hydrogens (tertiary/aromatic N) is 2. The minimum atomic E-state index is -0.213. The van der Waals surface area contributed by atoms with Gasteiger partial charge >= 0.3 is 0 Å². The zero-order valence-corrected chi connectivity index (χ0v) is 15.7. The summed E-state index contributed by atoms with van der Waals surface area (Å²) in [4.78, 5) is 25.0. The maximum atomic E-state index is 12.3. The molecular weight excluding hydrogens is 364 g/mol. The van der Waals surface area contributed by atoms with Gasteiger partial charge in [-0.25, -0.2) is 0 Å². The molecule has 0 saturated heterocycles. The minimum absolute atomic E-state index is 0.0997. The Bertz CT molecular complexity index is 888. The molecule has 0 unspecified atom stereocenters. The van der Waals surface area contributed by atoms with E-state index in [1.54, 1.807) is 42.4 Å². The molecule has 0 aliphatic rings. The first-order chi connectivity index (χ1) is 13.2. The first kappa shape index (κ1) is 18.8. The second-order valence-corrected chi connectivity index (χ2v) is 6.74. The number of benzene rings is 1. The molecule has 1 aromatic carbocycles. The highest BCUT2D eigenvalue weighted by molar-refractivity contribution is 7.12. The molecule has 3 aromatic rings. The molecule has 3 rings (SSSR count). The number of rotatable bonds is 8. The van der Waals surface area contributed by atoms with Crippen molar-refractivity contribution in [3.63, 3.8) is 0 Å². The smallest absolute Gasteiger partial charge is 0.261 e. The number of amides is 2. The van der Waals surface area contributed by atoms with Gasteiger partial charge in [0, 0.05) is 25.4 Å². The summed E-state index contributed by atoms with van der Waals surface area (Å²) in [6.45, 7) is 1.59. The lowest BCUT2D eigenvalue weighted by atomic mass is 10.1. The number of anilines is 1. The van der Waals surface area contributed by atoms with E-state index in [0.717, 1.165) is 5.56 Å². The lowest BCUT2D eigenvalue weighted by molar-refractivity contribution is 0.0953. The van der Waals surface area contributed by atoms with Gasteiger partial charge in [0.2, 0.25) is 0 Å². The molecule has 0 aliphatic heterocycles. The molecule has 8 heteroatoms. The lowest BCUT2D eigenvalue weighted by Gasteiger charge is -2.06. The van der Waals surface area contributed by atoms with Crippen molar-refractivity contribution in [2.24, 2.45) is 0 Å². The molecule has 0 spiro atoms. The van der Waals surface area contributed by atoms with Crippen LogP contribution in [0.3, 0.4) is 0 Å². The third-order valence-electron chi connectivity index (χ3n) is 3.83. The van der Waals surface area contributed by atoms with Crippen LogP contribution in [0.1, 0.15) is 25.6 Å². The zero-order valence-electron chi connectivity index (χ0n) is 14.8. The fourth-order valence-electron chi connectivity index (χ4n) is 2.39. The summed E-state index contributed by atoms with van der Waals surface area (Å²) in [5, 5.41) is 11.7. The van der Waals surface area contributed by atoms with Crippen LogP contribution in [0.5, 0.6) is 0 Å². The fraction of sp³-hybridized carbons (Fsp3) is 0.211. The highest BCUT2D eigenvalue weighted by Gasteiger charge is 2.09. The summed E-state index contributed by atoms with van der Waals surface area (Å²) in [6.07, 6.45) is 3.35. The van der Waals surface area contributed by atoms with Crippen molar-refractivity contribution in [1.29, 1.82) is 0 Å². The molecule has 0 aliphatic carbocycles. The summed E-state index contributed by atoms with van der Waals surface area (Å²) in [5.41, 5.74) is 2.08. The van der Waals surface area contributed by atoms with Crippen LogP contribution in [0.15, 0.2) is 54.2 Å². The average Bonchev–Trinajstić information content (AvgIpc) is 3.37. The summed E-state index contributed by atoms with van der Waals surface area (Å²) in [7, 11) is 1.63. The van der Waals surface area contributed by atoms with Gasteiger partial charge in [0.1, 0.15) is 0 Å². The second kappa shape index (κ2) is 9.11. The molecule has 0 saturated carbocycles. The second-order valence-electron chi connectivity index (χ2n) is 5.80. The number of hydrogen-bond donors (Lipinski definition) is 2. The van der Waals surface area contributed by atoms with Crippen LogP contribution in [0.4, 0.5) is 5.69 Å². The maximum Gasteiger partial charge on any atom is 0.261 e. The van der Waals surface area contributed by atoms with Gasteiger partial charge in [-0.1, -0.05) is 18.2 Å². The largest absolute Gasteiger partial charge is 0.383 e. The van der Waals surface area contributed by atoms with Gasteiger partial charge in [-0.3, -0.25) is 14.3 Å². The Kier molecular flexibility index (Phi) is 6.35. The molecule has 0 fully saturated rings. The van der Waals surface area contributed by atoms with Gasteiger partial charge in [0.25, 0.3) is 11.8 Å². The van der Waals surface area contributed by atoms with Crippen LogP contribution in [0.2, 0.25) is 0 Å². The number of nitrogens with one attached hydrogen (secondary N) is 2. The number of carbonyl (C=O) groups is 2. The number of thiophene rings is 1. The predicted molar refractivity (Wildman–Crippen MR) is 104 cm³/mol. The molecule has 2 aromatic heterocycles. The van der Waals surface area contributed by atoms with E-state index in [0.29, 0.717) is 35.8 Å². The SMILES string of the molecule is COCCn1cc(NC(=O)c2ccc(CNC(=O)c3cccs3)cc2)cn1. The normalized spacial score (nSPS) is 10.6. The van der Waals surface area contributed by atoms with Gasteiger partial charge in [-0.15, -0.1) is 11.3 Å². The monoisotopic (exact) mass is 384 g/mol. The Balaban J connectivity index is 1.52. The molecule has 27 heavy (non-hydrogen) atoms. The van der Waals surface area contributed by atoms with Crippen molar-refractivity contribution < 1.29 is 14.3 Å². The van der Waals surface area contributed by atoms with E-state index < -0.39 is 0 Å². The first-order valence-electron chi connectivity index (χ1n) is 8.39. The van der Waals surface area contributed by atoms with Crippen molar-refractivity contribution in [3.05, 3.63) is 70.2 Å². The third kappa shape index (κ3) is 5.25. The Morgan fingerprint density at radius 2 is 2.00 bits per heavy atom.